The predicted molar refractivity (Wildman–Crippen MR) is 126 cm³/mol. The van der Waals surface area contributed by atoms with Crippen LogP contribution in [0.3, 0.4) is 0 Å². The fourth-order valence-corrected chi connectivity index (χ4v) is 5.75. The lowest BCUT2D eigenvalue weighted by Gasteiger charge is -2.46. The first-order valence-corrected chi connectivity index (χ1v) is 12.0. The number of carbonyl (C=O) groups excluding carboxylic acids is 2. The summed E-state index contributed by atoms with van der Waals surface area (Å²) in [5, 5.41) is 12.3. The van der Waals surface area contributed by atoms with Crippen LogP contribution in [-0.2, 0) is 14.3 Å². The molecule has 2 amide bonds. The zero-order valence-electron chi connectivity index (χ0n) is 19.3. The van der Waals surface area contributed by atoms with Gasteiger partial charge in [-0.25, -0.2) is 4.79 Å². The average Bonchev–Trinajstić information content (AvgIpc) is 3.13. The van der Waals surface area contributed by atoms with Crippen LogP contribution in [-0.4, -0.2) is 53.2 Å². The second kappa shape index (κ2) is 8.78. The highest BCUT2D eigenvalue weighted by molar-refractivity contribution is 5.91. The summed E-state index contributed by atoms with van der Waals surface area (Å²) in [7, 11) is 0. The summed E-state index contributed by atoms with van der Waals surface area (Å²) in [5.41, 5.74) is 3.58. The Morgan fingerprint density at radius 3 is 2.21 bits per heavy atom. The molecule has 3 aliphatic rings. The van der Waals surface area contributed by atoms with Crippen LogP contribution < -0.4 is 5.32 Å². The highest BCUT2D eigenvalue weighted by atomic mass is 16.5. The maximum absolute atomic E-state index is 13.4. The number of nitrogens with zero attached hydrogens (tertiary/aromatic N) is 1. The first-order chi connectivity index (χ1) is 16.4. The van der Waals surface area contributed by atoms with Crippen molar-refractivity contribution in [1.29, 1.82) is 0 Å². The second-order valence-corrected chi connectivity index (χ2v) is 9.97. The number of alkyl carbamates (subject to hydrolysis) is 1. The molecule has 34 heavy (non-hydrogen) atoms. The molecule has 0 spiro atoms. The molecule has 2 aromatic rings. The number of nitrogens with one attached hydrogen (secondary N) is 1. The van der Waals surface area contributed by atoms with Gasteiger partial charge >= 0.3 is 12.1 Å². The second-order valence-electron chi connectivity index (χ2n) is 9.97. The molecule has 7 nitrogen and oxygen atoms in total. The number of hydrogen-bond donors (Lipinski definition) is 2. The van der Waals surface area contributed by atoms with Crippen LogP contribution in [0.2, 0.25) is 0 Å². The van der Waals surface area contributed by atoms with Crippen LogP contribution >= 0.6 is 0 Å². The van der Waals surface area contributed by atoms with Crippen LogP contribution in [0.5, 0.6) is 0 Å². The van der Waals surface area contributed by atoms with E-state index < -0.39 is 23.5 Å². The Labute approximate surface area is 199 Å². The fourth-order valence-electron chi connectivity index (χ4n) is 5.75. The molecule has 0 aromatic heterocycles. The number of piperidine rings is 1. The third-order valence-electron chi connectivity index (χ3n) is 7.60. The molecule has 2 fully saturated rings. The number of carbonyl (C=O) groups is 3. The maximum Gasteiger partial charge on any atom is 0.408 e. The zero-order valence-corrected chi connectivity index (χ0v) is 19.3. The molecule has 2 aliphatic carbocycles. The van der Waals surface area contributed by atoms with Crippen molar-refractivity contribution in [3.05, 3.63) is 59.7 Å². The Balaban J connectivity index is 1.26. The minimum Gasteiger partial charge on any atom is -0.481 e. The van der Waals surface area contributed by atoms with Crippen LogP contribution in [0.25, 0.3) is 11.1 Å². The van der Waals surface area contributed by atoms with Crippen molar-refractivity contribution in [2.75, 3.05) is 19.7 Å². The molecule has 1 heterocycles. The minimum absolute atomic E-state index is 0.0505. The van der Waals surface area contributed by atoms with Gasteiger partial charge in [0.05, 0.1) is 5.92 Å². The van der Waals surface area contributed by atoms with Crippen LogP contribution in [0.4, 0.5) is 4.79 Å². The molecule has 1 saturated heterocycles. The van der Waals surface area contributed by atoms with Gasteiger partial charge in [-0.2, -0.15) is 0 Å². The van der Waals surface area contributed by atoms with Crippen LogP contribution in [0.15, 0.2) is 48.5 Å². The number of benzene rings is 2. The number of ether oxygens (including phenoxy) is 1. The van der Waals surface area contributed by atoms with Crippen molar-refractivity contribution >= 4 is 18.0 Å². The average molecular weight is 463 g/mol. The lowest BCUT2D eigenvalue weighted by Crippen LogP contribution is -2.65. The number of fused-ring (bicyclic) bond motifs is 3. The first kappa shape index (κ1) is 22.4. The monoisotopic (exact) mass is 462 g/mol. The van der Waals surface area contributed by atoms with Gasteiger partial charge in [0.1, 0.15) is 12.1 Å². The van der Waals surface area contributed by atoms with E-state index in [0.717, 1.165) is 28.7 Å². The summed E-state index contributed by atoms with van der Waals surface area (Å²) in [5.74, 6) is -1.59. The van der Waals surface area contributed by atoms with E-state index in [9.17, 15) is 19.5 Å². The van der Waals surface area contributed by atoms with E-state index in [-0.39, 0.29) is 30.9 Å². The summed E-state index contributed by atoms with van der Waals surface area (Å²) >= 11 is 0. The molecule has 178 valence electrons. The Morgan fingerprint density at radius 2 is 1.65 bits per heavy atom. The third kappa shape index (κ3) is 3.93. The topological polar surface area (TPSA) is 95.9 Å². The Kier molecular flexibility index (Phi) is 5.80. The molecule has 2 atom stereocenters. The Morgan fingerprint density at radius 1 is 1.03 bits per heavy atom. The smallest absolute Gasteiger partial charge is 0.408 e. The number of carboxylic acid groups (broad SMARTS) is 1. The summed E-state index contributed by atoms with van der Waals surface area (Å²) < 4.78 is 5.67. The van der Waals surface area contributed by atoms with Gasteiger partial charge in [0.25, 0.3) is 0 Å². The minimum atomic E-state index is -0.997. The van der Waals surface area contributed by atoms with Gasteiger partial charge in [-0.3, -0.25) is 9.59 Å². The summed E-state index contributed by atoms with van der Waals surface area (Å²) in [6, 6.07) is 16.3. The van der Waals surface area contributed by atoms with Crippen molar-refractivity contribution in [2.45, 2.75) is 44.1 Å². The molecule has 2 aromatic carbocycles. The molecular weight excluding hydrogens is 432 g/mol. The number of likely N-dealkylation sites (tertiary alicyclic amines) is 1. The number of hydrogen-bond acceptors (Lipinski definition) is 4. The van der Waals surface area contributed by atoms with Crippen LogP contribution in [0, 0.1) is 11.8 Å². The van der Waals surface area contributed by atoms with Crippen molar-refractivity contribution in [1.82, 2.24) is 10.2 Å². The van der Waals surface area contributed by atoms with E-state index in [4.69, 9.17) is 4.74 Å². The molecular formula is C27H30N2O5. The van der Waals surface area contributed by atoms with Crippen molar-refractivity contribution in [2.24, 2.45) is 11.8 Å². The third-order valence-corrected chi connectivity index (χ3v) is 7.60. The largest absolute Gasteiger partial charge is 0.481 e. The van der Waals surface area contributed by atoms with E-state index in [0.29, 0.717) is 25.8 Å². The summed E-state index contributed by atoms with van der Waals surface area (Å²) in [6.45, 7) is 2.84. The van der Waals surface area contributed by atoms with Gasteiger partial charge in [0.2, 0.25) is 5.91 Å². The molecule has 7 heteroatoms. The molecule has 0 radical (unpaired) electrons. The standard InChI is InChI=1S/C27H30N2O5/c1-17-13-18(24(30)31)15-29(14-17)25(32)27(11-6-12-27)28-26(33)34-16-23-21-9-4-2-7-19(21)20-8-3-5-10-22(20)23/h2-5,7-10,17-18,23H,6,11-16H2,1H3,(H,28,33)(H,30,31). The number of aliphatic carboxylic acids is 1. The quantitative estimate of drug-likeness (QED) is 0.700. The normalized spacial score (nSPS) is 22.8. The number of rotatable bonds is 5. The lowest BCUT2D eigenvalue weighted by molar-refractivity contribution is -0.151. The molecule has 5 rings (SSSR count). The van der Waals surface area contributed by atoms with Crippen molar-refractivity contribution < 1.29 is 24.2 Å². The van der Waals surface area contributed by atoms with E-state index in [1.807, 2.05) is 31.2 Å². The van der Waals surface area contributed by atoms with E-state index in [1.54, 1.807) is 4.90 Å². The summed E-state index contributed by atoms with van der Waals surface area (Å²) in [6.07, 6.45) is 1.87. The number of amides is 2. The molecule has 0 bridgehead atoms. The fraction of sp³-hybridized carbons (Fsp3) is 0.444. The first-order valence-electron chi connectivity index (χ1n) is 12.0. The highest BCUT2D eigenvalue weighted by Crippen LogP contribution is 2.44. The van der Waals surface area contributed by atoms with Gasteiger partial charge in [0, 0.05) is 19.0 Å². The Bertz CT molecular complexity index is 1080. The van der Waals surface area contributed by atoms with Crippen LogP contribution in [0.1, 0.15) is 49.7 Å². The lowest BCUT2D eigenvalue weighted by atomic mass is 9.75. The Hall–Kier alpha value is -3.35. The van der Waals surface area contributed by atoms with E-state index in [2.05, 4.69) is 29.6 Å². The molecule has 1 saturated carbocycles. The van der Waals surface area contributed by atoms with E-state index in [1.165, 1.54) is 0 Å². The number of carboxylic acids is 1. The molecule has 1 aliphatic heterocycles. The van der Waals surface area contributed by atoms with Gasteiger partial charge < -0.3 is 20.1 Å². The zero-order chi connectivity index (χ0) is 23.9. The van der Waals surface area contributed by atoms with Crippen molar-refractivity contribution in [3.63, 3.8) is 0 Å². The molecule has 2 N–H and O–H groups in total. The predicted octanol–water partition coefficient (Wildman–Crippen LogP) is 4.02. The SMILES string of the molecule is CC1CC(C(=O)O)CN(C(=O)C2(NC(=O)OCC3c4ccccc4-c4ccccc43)CCC2)C1. The maximum atomic E-state index is 13.4. The van der Waals surface area contributed by atoms with Gasteiger partial charge in [0.15, 0.2) is 0 Å². The van der Waals surface area contributed by atoms with E-state index >= 15 is 0 Å². The van der Waals surface area contributed by atoms with Gasteiger partial charge in [-0.15, -0.1) is 0 Å². The van der Waals surface area contributed by atoms with Crippen molar-refractivity contribution in [3.8, 4) is 11.1 Å². The van der Waals surface area contributed by atoms with Gasteiger partial charge in [-0.1, -0.05) is 55.5 Å². The highest BCUT2D eigenvalue weighted by Gasteiger charge is 2.49. The summed E-state index contributed by atoms with van der Waals surface area (Å²) in [4.78, 5) is 39.4. The molecule has 2 unspecified atom stereocenters. The van der Waals surface area contributed by atoms with Gasteiger partial charge in [-0.05, 0) is 53.9 Å².